The van der Waals surface area contributed by atoms with E-state index in [9.17, 15) is 14.0 Å². The largest absolute Gasteiger partial charge is 0.465 e. The maximum atomic E-state index is 13.7. The van der Waals surface area contributed by atoms with Gasteiger partial charge in [0, 0.05) is 12.7 Å². The van der Waals surface area contributed by atoms with Crippen molar-refractivity contribution < 1.29 is 18.7 Å². The summed E-state index contributed by atoms with van der Waals surface area (Å²) < 4.78 is 19.1. The number of ether oxygens (including phenoxy) is 1. The number of hydrogen-bond donors (Lipinski definition) is 1. The summed E-state index contributed by atoms with van der Waals surface area (Å²) in [6.07, 6.45) is 0. The van der Waals surface area contributed by atoms with E-state index in [1.807, 2.05) is 0 Å². The minimum absolute atomic E-state index is 0.0557. The van der Waals surface area contributed by atoms with Crippen LogP contribution in [0.1, 0.15) is 10.4 Å². The number of aromatic nitrogens is 1. The van der Waals surface area contributed by atoms with Crippen LogP contribution in [-0.4, -0.2) is 37.6 Å². The monoisotopic (exact) mass is 373 g/mol. The van der Waals surface area contributed by atoms with E-state index in [1.54, 1.807) is 48.3 Å². The molecule has 3 aromatic rings. The highest BCUT2D eigenvalue weighted by molar-refractivity contribution is 7.22. The van der Waals surface area contributed by atoms with E-state index in [2.05, 4.69) is 15.0 Å². The fourth-order valence-corrected chi connectivity index (χ4v) is 3.30. The highest BCUT2D eigenvalue weighted by Gasteiger charge is 2.14. The quantitative estimate of drug-likeness (QED) is 0.695. The van der Waals surface area contributed by atoms with E-state index in [-0.39, 0.29) is 18.3 Å². The predicted molar refractivity (Wildman–Crippen MR) is 99.3 cm³/mol. The fraction of sp³-hybridized carbons (Fsp3) is 0.167. The van der Waals surface area contributed by atoms with Gasteiger partial charge < -0.3 is 15.0 Å². The van der Waals surface area contributed by atoms with Crippen molar-refractivity contribution in [1.29, 1.82) is 0 Å². The molecule has 2 aromatic carbocycles. The lowest BCUT2D eigenvalue weighted by atomic mass is 10.2. The molecule has 1 amide bonds. The minimum atomic E-state index is -0.439. The van der Waals surface area contributed by atoms with Crippen LogP contribution in [-0.2, 0) is 9.53 Å². The maximum absolute atomic E-state index is 13.7. The molecule has 134 valence electrons. The second-order valence-electron chi connectivity index (χ2n) is 5.56. The van der Waals surface area contributed by atoms with Crippen LogP contribution in [0.15, 0.2) is 42.5 Å². The number of nitrogens with one attached hydrogen (secondary N) is 1. The lowest BCUT2D eigenvalue weighted by molar-refractivity contribution is -0.114. The molecule has 0 bridgehead atoms. The first-order valence-corrected chi connectivity index (χ1v) is 8.54. The molecule has 0 unspecified atom stereocenters. The molecular formula is C18H16FN3O3S. The van der Waals surface area contributed by atoms with E-state index in [4.69, 9.17) is 0 Å². The Kier molecular flexibility index (Phi) is 5.13. The highest BCUT2D eigenvalue weighted by atomic mass is 32.1. The van der Waals surface area contributed by atoms with Gasteiger partial charge in [-0.25, -0.2) is 14.2 Å². The number of halogens is 1. The molecule has 8 heteroatoms. The second-order valence-corrected chi connectivity index (χ2v) is 6.57. The third-order valence-corrected chi connectivity index (χ3v) is 4.79. The molecule has 0 aliphatic rings. The number of methoxy groups -OCH3 is 1. The number of amides is 1. The normalized spacial score (nSPS) is 10.6. The van der Waals surface area contributed by atoms with Gasteiger partial charge in [-0.05, 0) is 36.4 Å². The van der Waals surface area contributed by atoms with Crippen molar-refractivity contribution in [2.24, 2.45) is 0 Å². The molecule has 0 aliphatic heterocycles. The summed E-state index contributed by atoms with van der Waals surface area (Å²) in [5.74, 6) is -1.07. The smallest absolute Gasteiger partial charge is 0.337 e. The molecular weight excluding hydrogens is 357 g/mol. The number of fused-ring (bicyclic) bond motifs is 1. The van der Waals surface area contributed by atoms with Gasteiger partial charge in [-0.2, -0.15) is 0 Å². The van der Waals surface area contributed by atoms with Gasteiger partial charge in [0.1, 0.15) is 11.3 Å². The van der Waals surface area contributed by atoms with Crippen molar-refractivity contribution >= 4 is 44.2 Å². The number of rotatable bonds is 5. The van der Waals surface area contributed by atoms with Crippen molar-refractivity contribution in [3.63, 3.8) is 0 Å². The molecule has 0 spiro atoms. The van der Waals surface area contributed by atoms with Gasteiger partial charge in [0.2, 0.25) is 5.91 Å². The molecule has 1 N–H and O–H groups in total. The van der Waals surface area contributed by atoms with Crippen LogP contribution in [0.3, 0.4) is 0 Å². The number of likely N-dealkylation sites (N-methyl/N-ethyl adjacent to an activating group) is 1. The first-order valence-electron chi connectivity index (χ1n) is 7.72. The molecule has 0 saturated carbocycles. The zero-order chi connectivity index (χ0) is 18.7. The third kappa shape index (κ3) is 3.80. The van der Waals surface area contributed by atoms with E-state index in [1.165, 1.54) is 24.5 Å². The van der Waals surface area contributed by atoms with Gasteiger partial charge in [-0.3, -0.25) is 4.79 Å². The minimum Gasteiger partial charge on any atom is -0.465 e. The van der Waals surface area contributed by atoms with Gasteiger partial charge >= 0.3 is 5.97 Å². The Bertz CT molecular complexity index is 956. The molecule has 0 saturated heterocycles. The Morgan fingerprint density at radius 2 is 1.96 bits per heavy atom. The number of nitrogens with zero attached hydrogens (tertiary/aromatic N) is 2. The van der Waals surface area contributed by atoms with Gasteiger partial charge in [0.05, 0.1) is 23.9 Å². The highest BCUT2D eigenvalue weighted by Crippen LogP contribution is 2.29. The standard InChI is InChI=1S/C18H16FN3O3S/c1-22(18-21-16-13(19)4-3-5-14(16)26-18)10-15(23)20-12-8-6-11(7-9-12)17(24)25-2/h3-9H,10H2,1-2H3,(H,20,23). The maximum Gasteiger partial charge on any atom is 0.337 e. The van der Waals surface area contributed by atoms with Crippen LogP contribution >= 0.6 is 11.3 Å². The Morgan fingerprint density at radius 3 is 2.62 bits per heavy atom. The molecule has 26 heavy (non-hydrogen) atoms. The van der Waals surface area contributed by atoms with Gasteiger partial charge in [-0.1, -0.05) is 17.4 Å². The number of anilines is 2. The van der Waals surface area contributed by atoms with E-state index in [0.717, 1.165) is 4.70 Å². The van der Waals surface area contributed by atoms with Crippen LogP contribution in [0.5, 0.6) is 0 Å². The van der Waals surface area contributed by atoms with Gasteiger partial charge in [0.15, 0.2) is 5.13 Å². The molecule has 0 atom stereocenters. The van der Waals surface area contributed by atoms with Gasteiger partial charge in [-0.15, -0.1) is 0 Å². The number of benzene rings is 2. The number of carbonyl (C=O) groups excluding carboxylic acids is 2. The predicted octanol–water partition coefficient (Wildman–Crippen LogP) is 3.30. The van der Waals surface area contributed by atoms with Crippen LogP contribution in [0, 0.1) is 5.82 Å². The summed E-state index contributed by atoms with van der Waals surface area (Å²) in [5, 5.41) is 3.30. The van der Waals surface area contributed by atoms with Crippen molar-refractivity contribution in [1.82, 2.24) is 4.98 Å². The Morgan fingerprint density at radius 1 is 1.23 bits per heavy atom. The van der Waals surface area contributed by atoms with Gasteiger partial charge in [0.25, 0.3) is 0 Å². The molecule has 0 radical (unpaired) electrons. The van der Waals surface area contributed by atoms with Crippen molar-refractivity contribution in [2.75, 3.05) is 30.9 Å². The molecule has 6 nitrogen and oxygen atoms in total. The number of hydrogen-bond acceptors (Lipinski definition) is 6. The Labute approximate surface area is 153 Å². The number of carbonyl (C=O) groups is 2. The summed E-state index contributed by atoms with van der Waals surface area (Å²) in [7, 11) is 3.03. The lowest BCUT2D eigenvalue weighted by Crippen LogP contribution is -2.29. The van der Waals surface area contributed by atoms with E-state index in [0.29, 0.717) is 21.9 Å². The summed E-state index contributed by atoms with van der Waals surface area (Å²) in [6.45, 7) is 0.0557. The number of thiazole rings is 1. The summed E-state index contributed by atoms with van der Waals surface area (Å²) in [5.41, 5.74) is 1.27. The van der Waals surface area contributed by atoms with Crippen LogP contribution < -0.4 is 10.2 Å². The lowest BCUT2D eigenvalue weighted by Gasteiger charge is -2.15. The van der Waals surface area contributed by atoms with Crippen molar-refractivity contribution in [3.05, 3.63) is 53.8 Å². The van der Waals surface area contributed by atoms with Crippen LogP contribution in [0.4, 0.5) is 15.2 Å². The zero-order valence-corrected chi connectivity index (χ0v) is 15.0. The number of esters is 1. The number of para-hydroxylation sites is 1. The molecule has 0 fully saturated rings. The van der Waals surface area contributed by atoms with Crippen molar-refractivity contribution in [3.8, 4) is 0 Å². The molecule has 0 aliphatic carbocycles. The summed E-state index contributed by atoms with van der Waals surface area (Å²) >= 11 is 1.32. The average molecular weight is 373 g/mol. The Balaban J connectivity index is 1.65. The van der Waals surface area contributed by atoms with Crippen molar-refractivity contribution in [2.45, 2.75) is 0 Å². The summed E-state index contributed by atoms with van der Waals surface area (Å²) in [4.78, 5) is 29.5. The zero-order valence-electron chi connectivity index (χ0n) is 14.2. The molecule has 3 rings (SSSR count). The third-order valence-electron chi connectivity index (χ3n) is 3.66. The Hall–Kier alpha value is -3.00. The topological polar surface area (TPSA) is 71.5 Å². The molecule has 1 heterocycles. The second kappa shape index (κ2) is 7.49. The molecule has 1 aromatic heterocycles. The first-order chi connectivity index (χ1) is 12.5. The van der Waals surface area contributed by atoms with E-state index >= 15 is 0 Å². The summed E-state index contributed by atoms with van der Waals surface area (Å²) in [6, 6.07) is 11.2. The van der Waals surface area contributed by atoms with Crippen LogP contribution in [0.2, 0.25) is 0 Å². The van der Waals surface area contributed by atoms with Crippen LogP contribution in [0.25, 0.3) is 10.2 Å². The average Bonchev–Trinajstić information content (AvgIpc) is 3.07. The first kappa shape index (κ1) is 17.8. The SMILES string of the molecule is COC(=O)c1ccc(NC(=O)CN(C)c2nc3c(F)cccc3s2)cc1. The van der Waals surface area contributed by atoms with E-state index < -0.39 is 5.97 Å². The fourth-order valence-electron chi connectivity index (χ4n) is 2.36.